The summed E-state index contributed by atoms with van der Waals surface area (Å²) in [6.45, 7) is 4.34. The Balaban J connectivity index is 2.20. The van der Waals surface area contributed by atoms with Crippen molar-refractivity contribution in [2.45, 2.75) is 20.3 Å². The normalized spacial score (nSPS) is 22.6. The van der Waals surface area contributed by atoms with Crippen molar-refractivity contribution in [1.82, 2.24) is 4.90 Å². The molecule has 0 bridgehead atoms. The lowest BCUT2D eigenvalue weighted by Gasteiger charge is -2.21. The lowest BCUT2D eigenvalue weighted by atomic mass is 9.90. The van der Waals surface area contributed by atoms with Crippen molar-refractivity contribution in [2.75, 3.05) is 13.1 Å². The first-order valence-corrected chi connectivity index (χ1v) is 6.92. The van der Waals surface area contributed by atoms with E-state index in [1.165, 1.54) is 0 Å². The van der Waals surface area contributed by atoms with Crippen LogP contribution in [0.25, 0.3) is 0 Å². The minimum atomic E-state index is -0.838. The Hall–Kier alpha value is -1.36. The summed E-state index contributed by atoms with van der Waals surface area (Å²) >= 11 is 3.36. The van der Waals surface area contributed by atoms with Gasteiger partial charge in [0.25, 0.3) is 5.91 Å². The highest BCUT2D eigenvalue weighted by molar-refractivity contribution is 9.10. The maximum absolute atomic E-state index is 12.4. The molecular formula is C14H16BrNO3. The molecule has 0 spiro atoms. The molecule has 0 aromatic heterocycles. The fourth-order valence-corrected chi connectivity index (χ4v) is 2.82. The van der Waals surface area contributed by atoms with Gasteiger partial charge in [-0.2, -0.15) is 0 Å². The third-order valence-electron chi connectivity index (χ3n) is 3.70. The van der Waals surface area contributed by atoms with Crippen LogP contribution in [0, 0.1) is 12.3 Å². The summed E-state index contributed by atoms with van der Waals surface area (Å²) in [5.74, 6) is -0.926. The molecule has 5 heteroatoms. The molecule has 0 radical (unpaired) electrons. The van der Waals surface area contributed by atoms with Crippen LogP contribution in [0.4, 0.5) is 0 Å². The molecule has 2 rings (SSSR count). The maximum Gasteiger partial charge on any atom is 0.311 e. The summed E-state index contributed by atoms with van der Waals surface area (Å²) in [5, 5.41) is 9.19. The first kappa shape index (κ1) is 14.1. The zero-order chi connectivity index (χ0) is 14.2. The minimum Gasteiger partial charge on any atom is -0.481 e. The van der Waals surface area contributed by atoms with E-state index in [0.29, 0.717) is 18.5 Å². The van der Waals surface area contributed by atoms with E-state index in [2.05, 4.69) is 15.9 Å². The van der Waals surface area contributed by atoms with E-state index in [1.807, 2.05) is 19.1 Å². The fraction of sp³-hybridized carbons (Fsp3) is 0.429. The average Bonchev–Trinajstić information content (AvgIpc) is 2.73. The zero-order valence-corrected chi connectivity index (χ0v) is 12.5. The van der Waals surface area contributed by atoms with Crippen LogP contribution in [0.3, 0.4) is 0 Å². The first-order valence-electron chi connectivity index (χ1n) is 6.12. The van der Waals surface area contributed by atoms with E-state index in [-0.39, 0.29) is 12.5 Å². The number of carboxylic acid groups (broad SMARTS) is 1. The number of aliphatic carboxylic acids is 1. The topological polar surface area (TPSA) is 57.6 Å². The summed E-state index contributed by atoms with van der Waals surface area (Å²) in [7, 11) is 0. The van der Waals surface area contributed by atoms with Crippen LogP contribution in [-0.4, -0.2) is 35.0 Å². The second kappa shape index (κ2) is 4.96. The molecule has 1 saturated heterocycles. The second-order valence-corrected chi connectivity index (χ2v) is 6.22. The Bertz CT molecular complexity index is 543. The first-order chi connectivity index (χ1) is 8.83. The molecule has 1 amide bonds. The molecule has 0 saturated carbocycles. The van der Waals surface area contributed by atoms with Gasteiger partial charge in [0.2, 0.25) is 0 Å². The van der Waals surface area contributed by atoms with Gasteiger partial charge in [-0.25, -0.2) is 0 Å². The van der Waals surface area contributed by atoms with E-state index >= 15 is 0 Å². The predicted octanol–water partition coefficient (Wildman–Crippen LogP) is 2.69. The summed E-state index contributed by atoms with van der Waals surface area (Å²) in [6.07, 6.45) is 0.504. The number of hydrogen-bond acceptors (Lipinski definition) is 2. The van der Waals surface area contributed by atoms with Gasteiger partial charge in [-0.1, -0.05) is 15.9 Å². The van der Waals surface area contributed by atoms with Gasteiger partial charge in [0.1, 0.15) is 0 Å². The average molecular weight is 326 g/mol. The van der Waals surface area contributed by atoms with E-state index in [0.717, 1.165) is 10.0 Å². The summed E-state index contributed by atoms with van der Waals surface area (Å²) in [5.41, 5.74) is 0.708. The molecule has 1 aromatic carbocycles. The molecular weight excluding hydrogens is 310 g/mol. The molecule has 0 aliphatic carbocycles. The number of rotatable bonds is 2. The lowest BCUT2D eigenvalue weighted by Crippen LogP contribution is -2.35. The summed E-state index contributed by atoms with van der Waals surface area (Å²) in [4.78, 5) is 25.2. The Labute approximate surface area is 120 Å². The van der Waals surface area contributed by atoms with Gasteiger partial charge < -0.3 is 10.0 Å². The highest BCUT2D eigenvalue weighted by atomic mass is 79.9. The molecule has 1 aromatic rings. The van der Waals surface area contributed by atoms with Crippen molar-refractivity contribution < 1.29 is 14.7 Å². The van der Waals surface area contributed by atoms with Crippen LogP contribution < -0.4 is 0 Å². The summed E-state index contributed by atoms with van der Waals surface area (Å²) < 4.78 is 0.929. The van der Waals surface area contributed by atoms with Crippen LogP contribution in [-0.2, 0) is 4.79 Å². The number of benzene rings is 1. The largest absolute Gasteiger partial charge is 0.481 e. The van der Waals surface area contributed by atoms with Gasteiger partial charge in [-0.05, 0) is 44.0 Å². The number of carbonyl (C=O) groups is 2. The van der Waals surface area contributed by atoms with Gasteiger partial charge in [0.15, 0.2) is 0 Å². The van der Waals surface area contributed by atoms with Crippen LogP contribution in [0.5, 0.6) is 0 Å². The fourth-order valence-electron chi connectivity index (χ4n) is 2.35. The molecule has 1 aliphatic heterocycles. The van der Waals surface area contributed by atoms with Crippen molar-refractivity contribution in [2.24, 2.45) is 5.41 Å². The molecule has 1 fully saturated rings. The molecule has 1 heterocycles. The summed E-state index contributed by atoms with van der Waals surface area (Å²) in [6, 6.07) is 5.49. The number of halogens is 1. The van der Waals surface area contributed by atoms with Crippen LogP contribution in [0.1, 0.15) is 29.3 Å². The molecule has 1 N–H and O–H groups in total. The molecule has 102 valence electrons. The van der Waals surface area contributed by atoms with Crippen molar-refractivity contribution in [3.63, 3.8) is 0 Å². The Kier molecular flexibility index (Phi) is 3.67. The Morgan fingerprint density at radius 2 is 2.11 bits per heavy atom. The molecule has 0 unspecified atom stereocenters. The van der Waals surface area contributed by atoms with Crippen LogP contribution >= 0.6 is 15.9 Å². The highest BCUT2D eigenvalue weighted by Gasteiger charge is 2.42. The van der Waals surface area contributed by atoms with Crippen molar-refractivity contribution in [3.8, 4) is 0 Å². The van der Waals surface area contributed by atoms with E-state index in [4.69, 9.17) is 0 Å². The number of hydrogen-bond donors (Lipinski definition) is 1. The third-order valence-corrected chi connectivity index (χ3v) is 4.19. The van der Waals surface area contributed by atoms with E-state index < -0.39 is 11.4 Å². The monoisotopic (exact) mass is 325 g/mol. The predicted molar refractivity (Wildman–Crippen MR) is 75.1 cm³/mol. The van der Waals surface area contributed by atoms with Gasteiger partial charge in [-0.15, -0.1) is 0 Å². The zero-order valence-electron chi connectivity index (χ0n) is 10.9. The smallest absolute Gasteiger partial charge is 0.311 e. The maximum atomic E-state index is 12.4. The Morgan fingerprint density at radius 1 is 1.42 bits per heavy atom. The number of likely N-dealkylation sites (tertiary alicyclic amines) is 1. The van der Waals surface area contributed by atoms with Gasteiger partial charge >= 0.3 is 5.97 Å². The van der Waals surface area contributed by atoms with Crippen molar-refractivity contribution >= 4 is 27.8 Å². The second-order valence-electron chi connectivity index (χ2n) is 5.30. The molecule has 1 aliphatic rings. The minimum absolute atomic E-state index is 0.0880. The van der Waals surface area contributed by atoms with Crippen molar-refractivity contribution in [1.29, 1.82) is 0 Å². The standard InChI is InChI=1S/C14H16BrNO3/c1-9-7-10(15)3-4-11(9)12(17)16-6-5-14(2,8-16)13(18)19/h3-4,7H,5-6,8H2,1-2H3,(H,18,19)/t14-/m0/s1. The molecule has 1 atom stereocenters. The quantitative estimate of drug-likeness (QED) is 0.909. The number of carbonyl (C=O) groups excluding carboxylic acids is 1. The van der Waals surface area contributed by atoms with Gasteiger partial charge in [0, 0.05) is 23.1 Å². The lowest BCUT2D eigenvalue weighted by molar-refractivity contribution is -0.147. The highest BCUT2D eigenvalue weighted by Crippen LogP contribution is 2.31. The third kappa shape index (κ3) is 2.66. The number of carboxylic acids is 1. The number of nitrogens with zero attached hydrogens (tertiary/aromatic N) is 1. The molecule has 4 nitrogen and oxygen atoms in total. The van der Waals surface area contributed by atoms with Crippen molar-refractivity contribution in [3.05, 3.63) is 33.8 Å². The number of aryl methyl sites for hydroxylation is 1. The SMILES string of the molecule is Cc1cc(Br)ccc1C(=O)N1CC[C@](C)(C(=O)O)C1. The van der Waals surface area contributed by atoms with E-state index in [1.54, 1.807) is 17.9 Å². The van der Waals surface area contributed by atoms with E-state index in [9.17, 15) is 14.7 Å². The number of amides is 1. The molecule has 19 heavy (non-hydrogen) atoms. The van der Waals surface area contributed by atoms with Gasteiger partial charge in [0.05, 0.1) is 5.41 Å². The van der Waals surface area contributed by atoms with Crippen LogP contribution in [0.2, 0.25) is 0 Å². The van der Waals surface area contributed by atoms with Gasteiger partial charge in [-0.3, -0.25) is 9.59 Å². The Morgan fingerprint density at radius 3 is 2.63 bits per heavy atom. The van der Waals surface area contributed by atoms with Crippen LogP contribution in [0.15, 0.2) is 22.7 Å².